The molecule has 0 saturated carbocycles. The molecule has 1 aliphatic rings. The van der Waals surface area contributed by atoms with E-state index in [1.807, 2.05) is 0 Å². The number of nitrogens with one attached hydrogen (secondary N) is 1. The summed E-state index contributed by atoms with van der Waals surface area (Å²) >= 11 is 0. The highest BCUT2D eigenvalue weighted by Gasteiger charge is 2.33. The van der Waals surface area contributed by atoms with Crippen molar-refractivity contribution < 1.29 is 13.2 Å². The molecule has 0 radical (unpaired) electrons. The predicted molar refractivity (Wildman–Crippen MR) is 111 cm³/mol. The lowest BCUT2D eigenvalue weighted by Crippen LogP contribution is -2.29. The number of H-pyrrole nitrogens is 1. The lowest BCUT2D eigenvalue weighted by atomic mass is 10.3. The Morgan fingerprint density at radius 1 is 1.13 bits per heavy atom. The van der Waals surface area contributed by atoms with Crippen molar-refractivity contribution in [3.05, 3.63) is 71.5 Å². The second-order valence-corrected chi connectivity index (χ2v) is 9.08. The lowest BCUT2D eigenvalue weighted by molar-refractivity contribution is 0.426. The maximum atomic E-state index is 12.8. The molecule has 0 spiro atoms. The van der Waals surface area contributed by atoms with Crippen LogP contribution in [0.15, 0.2) is 70.9 Å². The van der Waals surface area contributed by atoms with Crippen LogP contribution < -0.4 is 10.3 Å². The highest BCUT2D eigenvalue weighted by Crippen LogP contribution is 2.28. The third kappa shape index (κ3) is 3.68. The van der Waals surface area contributed by atoms with Gasteiger partial charge in [0, 0.05) is 19.3 Å². The first kappa shape index (κ1) is 19.4. The molecule has 1 fully saturated rings. The van der Waals surface area contributed by atoms with Crippen LogP contribution in [0.4, 0.5) is 0 Å². The maximum Gasteiger partial charge on any atom is 0.302 e. The van der Waals surface area contributed by atoms with Crippen molar-refractivity contribution in [2.45, 2.75) is 17.4 Å². The number of benzene rings is 1. The minimum absolute atomic E-state index is 0.0322. The zero-order valence-corrected chi connectivity index (χ0v) is 17.1. The van der Waals surface area contributed by atoms with Crippen molar-refractivity contribution in [3.63, 3.8) is 0 Å². The van der Waals surface area contributed by atoms with Gasteiger partial charge in [-0.3, -0.25) is 19.4 Å². The number of pyridine rings is 1. The van der Waals surface area contributed by atoms with Gasteiger partial charge in [0.2, 0.25) is 10.0 Å². The quantitative estimate of drug-likeness (QED) is 0.505. The van der Waals surface area contributed by atoms with Crippen molar-refractivity contribution >= 4 is 20.9 Å². The molecule has 4 aromatic rings. The van der Waals surface area contributed by atoms with Gasteiger partial charge in [-0.25, -0.2) is 8.42 Å². The first-order chi connectivity index (χ1) is 15.0. The third-order valence-corrected chi connectivity index (χ3v) is 7.04. The smallest absolute Gasteiger partial charge is 0.302 e. The van der Waals surface area contributed by atoms with Gasteiger partial charge in [0.1, 0.15) is 0 Å². The third-order valence-electron chi connectivity index (χ3n) is 5.16. The molecule has 1 aromatic carbocycles. The number of fused-ring (bicyclic) bond motifs is 1. The van der Waals surface area contributed by atoms with Crippen LogP contribution in [-0.4, -0.2) is 50.5 Å². The SMILES string of the molecule is O=c1[nH]c(Oc2cnn([C@@H]3CCN(S(=O)(=O)c4ccccc4)C3)c2)nc2cnccc12. The molecule has 1 N–H and O–H groups in total. The number of aromatic nitrogens is 5. The van der Waals surface area contributed by atoms with E-state index in [1.54, 1.807) is 47.3 Å². The number of aromatic amines is 1. The van der Waals surface area contributed by atoms with Gasteiger partial charge in [-0.1, -0.05) is 18.2 Å². The van der Waals surface area contributed by atoms with E-state index >= 15 is 0 Å². The van der Waals surface area contributed by atoms with Gasteiger partial charge >= 0.3 is 6.01 Å². The largest absolute Gasteiger partial charge is 0.422 e. The topological polar surface area (TPSA) is 123 Å². The monoisotopic (exact) mass is 438 g/mol. The molecular weight excluding hydrogens is 420 g/mol. The molecule has 11 heteroatoms. The van der Waals surface area contributed by atoms with Crippen LogP contribution >= 0.6 is 0 Å². The van der Waals surface area contributed by atoms with Crippen molar-refractivity contribution in [2.24, 2.45) is 0 Å². The van der Waals surface area contributed by atoms with Crippen LogP contribution in [0.3, 0.4) is 0 Å². The van der Waals surface area contributed by atoms with E-state index in [0.29, 0.717) is 36.2 Å². The fourth-order valence-electron chi connectivity index (χ4n) is 3.59. The van der Waals surface area contributed by atoms with Crippen molar-refractivity contribution in [1.82, 2.24) is 29.0 Å². The predicted octanol–water partition coefficient (Wildman–Crippen LogP) is 1.94. The van der Waals surface area contributed by atoms with Gasteiger partial charge in [0.05, 0.1) is 40.4 Å². The summed E-state index contributed by atoms with van der Waals surface area (Å²) in [6.07, 6.45) is 6.80. The average Bonchev–Trinajstić information content (AvgIpc) is 3.44. The van der Waals surface area contributed by atoms with Crippen molar-refractivity contribution in [1.29, 1.82) is 0 Å². The number of nitrogens with zero attached hydrogens (tertiary/aromatic N) is 5. The van der Waals surface area contributed by atoms with Crippen LogP contribution in [0.5, 0.6) is 11.8 Å². The Bertz CT molecular complexity index is 1400. The molecule has 10 nitrogen and oxygen atoms in total. The van der Waals surface area contributed by atoms with Gasteiger partial charge < -0.3 is 4.74 Å². The van der Waals surface area contributed by atoms with E-state index in [4.69, 9.17) is 4.74 Å². The van der Waals surface area contributed by atoms with E-state index in [1.165, 1.54) is 22.9 Å². The first-order valence-corrected chi connectivity index (χ1v) is 11.1. The molecule has 0 aliphatic carbocycles. The van der Waals surface area contributed by atoms with Gasteiger partial charge in [0.25, 0.3) is 5.56 Å². The molecule has 0 unspecified atom stereocenters. The minimum atomic E-state index is -3.54. The van der Waals surface area contributed by atoms with Gasteiger partial charge in [-0.15, -0.1) is 0 Å². The van der Waals surface area contributed by atoms with E-state index in [9.17, 15) is 13.2 Å². The average molecular weight is 438 g/mol. The summed E-state index contributed by atoms with van der Waals surface area (Å²) in [5.41, 5.74) is 0.0959. The lowest BCUT2D eigenvalue weighted by Gasteiger charge is -2.16. The molecule has 0 bridgehead atoms. The van der Waals surface area contributed by atoms with Crippen molar-refractivity contribution in [2.75, 3.05) is 13.1 Å². The highest BCUT2D eigenvalue weighted by atomic mass is 32.2. The number of hydrogen-bond donors (Lipinski definition) is 1. The van der Waals surface area contributed by atoms with E-state index < -0.39 is 10.0 Å². The van der Waals surface area contributed by atoms with Crippen LogP contribution in [0.25, 0.3) is 10.9 Å². The molecule has 3 aromatic heterocycles. The summed E-state index contributed by atoms with van der Waals surface area (Å²) in [7, 11) is -3.54. The molecule has 31 heavy (non-hydrogen) atoms. The Morgan fingerprint density at radius 2 is 1.97 bits per heavy atom. The van der Waals surface area contributed by atoms with E-state index in [2.05, 4.69) is 20.1 Å². The van der Waals surface area contributed by atoms with Crippen LogP contribution in [-0.2, 0) is 10.0 Å². The Balaban J connectivity index is 1.32. The Morgan fingerprint density at radius 3 is 2.81 bits per heavy atom. The summed E-state index contributed by atoms with van der Waals surface area (Å²) in [6.45, 7) is 0.722. The first-order valence-electron chi connectivity index (χ1n) is 9.62. The molecule has 0 amide bonds. The van der Waals surface area contributed by atoms with E-state index in [0.717, 1.165) is 0 Å². The number of hydrogen-bond acceptors (Lipinski definition) is 7. The van der Waals surface area contributed by atoms with Gasteiger partial charge in [-0.05, 0) is 24.6 Å². The molecular formula is C20H18N6O4S. The molecule has 1 saturated heterocycles. The molecule has 158 valence electrons. The summed E-state index contributed by atoms with van der Waals surface area (Å²) in [6, 6.07) is 9.87. The van der Waals surface area contributed by atoms with Crippen LogP contribution in [0.1, 0.15) is 12.5 Å². The second kappa shape index (κ2) is 7.60. The van der Waals surface area contributed by atoms with E-state index in [-0.39, 0.29) is 22.5 Å². The fourth-order valence-corrected chi connectivity index (χ4v) is 5.10. The highest BCUT2D eigenvalue weighted by molar-refractivity contribution is 7.89. The maximum absolute atomic E-state index is 12.8. The number of rotatable bonds is 5. The zero-order valence-electron chi connectivity index (χ0n) is 16.2. The summed E-state index contributed by atoms with van der Waals surface area (Å²) in [5.74, 6) is 0.385. The minimum Gasteiger partial charge on any atom is -0.422 e. The summed E-state index contributed by atoms with van der Waals surface area (Å²) in [4.78, 5) is 23.2. The second-order valence-electron chi connectivity index (χ2n) is 7.14. The molecule has 1 atom stereocenters. The van der Waals surface area contributed by atoms with Crippen LogP contribution in [0, 0.1) is 0 Å². The molecule has 1 aliphatic heterocycles. The van der Waals surface area contributed by atoms with Crippen molar-refractivity contribution in [3.8, 4) is 11.8 Å². The number of ether oxygens (including phenoxy) is 1. The molecule has 5 rings (SSSR count). The summed E-state index contributed by atoms with van der Waals surface area (Å²) < 4.78 is 34.4. The van der Waals surface area contributed by atoms with Gasteiger partial charge in [-0.2, -0.15) is 14.4 Å². The standard InChI is InChI=1S/C20H18N6O4S/c27-19-17-6-8-21-11-18(17)23-20(24-19)30-15-10-22-26(13-15)14-7-9-25(12-14)31(28,29)16-4-2-1-3-5-16/h1-6,8,10-11,13-14H,7,9,12H2,(H,23,24,27)/t14-/m1/s1. The number of sulfonamides is 1. The van der Waals surface area contributed by atoms with Crippen LogP contribution in [0.2, 0.25) is 0 Å². The zero-order chi connectivity index (χ0) is 21.4. The normalized spacial score (nSPS) is 17.2. The Hall–Kier alpha value is -3.57. The fraction of sp³-hybridized carbons (Fsp3) is 0.200. The molecule has 4 heterocycles. The van der Waals surface area contributed by atoms with Gasteiger partial charge in [0.15, 0.2) is 5.75 Å². The summed E-state index contributed by atoms with van der Waals surface area (Å²) in [5, 5.41) is 4.73. The Labute approximate surface area is 177 Å². The Kier molecular flexibility index (Phi) is 4.75.